The zero-order valence-corrected chi connectivity index (χ0v) is 7.88. The van der Waals surface area contributed by atoms with Gasteiger partial charge in [-0.15, -0.1) is 0 Å². The summed E-state index contributed by atoms with van der Waals surface area (Å²) in [5, 5.41) is 2.35. The van der Waals surface area contributed by atoms with Crippen molar-refractivity contribution in [3.63, 3.8) is 0 Å². The maximum Gasteiger partial charge on any atom is 0.123 e. The average Bonchev–Trinajstić information content (AvgIpc) is 2.57. The van der Waals surface area contributed by atoms with Crippen LogP contribution in [0.5, 0.6) is 5.75 Å². The highest BCUT2D eigenvalue weighted by molar-refractivity contribution is 7.78. The van der Waals surface area contributed by atoms with Crippen molar-refractivity contribution in [1.29, 1.82) is 0 Å². The number of isothiocyanates is 1. The van der Waals surface area contributed by atoms with Gasteiger partial charge in [-0.25, -0.2) is 4.99 Å². The summed E-state index contributed by atoms with van der Waals surface area (Å²) in [6.45, 7) is 0.609. The van der Waals surface area contributed by atoms with Crippen molar-refractivity contribution >= 4 is 17.4 Å². The van der Waals surface area contributed by atoms with Crippen molar-refractivity contribution < 1.29 is 4.74 Å². The quantitative estimate of drug-likeness (QED) is 0.527. The normalized spacial score (nSPS) is 18.6. The van der Waals surface area contributed by atoms with E-state index in [-0.39, 0.29) is 6.10 Å². The Morgan fingerprint density at radius 2 is 2.38 bits per heavy atom. The highest BCUT2D eigenvalue weighted by Gasteiger charge is 2.21. The Morgan fingerprint density at radius 1 is 1.54 bits per heavy atom. The van der Waals surface area contributed by atoms with Crippen molar-refractivity contribution in [2.45, 2.75) is 12.5 Å². The largest absolute Gasteiger partial charge is 0.488 e. The van der Waals surface area contributed by atoms with E-state index in [1.165, 1.54) is 5.56 Å². The number of fused-ring (bicyclic) bond motifs is 1. The van der Waals surface area contributed by atoms with Gasteiger partial charge in [0.25, 0.3) is 0 Å². The summed E-state index contributed by atoms with van der Waals surface area (Å²) in [5.74, 6) is 0.979. The van der Waals surface area contributed by atoms with Gasteiger partial charge in [-0.2, -0.15) is 0 Å². The molecule has 66 valence electrons. The number of rotatable bonds is 2. The Morgan fingerprint density at radius 3 is 3.15 bits per heavy atom. The fraction of sp³-hybridized carbons (Fsp3) is 0.300. The predicted molar refractivity (Wildman–Crippen MR) is 54.5 cm³/mol. The van der Waals surface area contributed by atoms with E-state index in [1.807, 2.05) is 18.2 Å². The van der Waals surface area contributed by atoms with E-state index in [9.17, 15) is 0 Å². The molecule has 1 unspecified atom stereocenters. The monoisotopic (exact) mass is 191 g/mol. The fourth-order valence-corrected chi connectivity index (χ4v) is 1.57. The first kappa shape index (κ1) is 8.42. The van der Waals surface area contributed by atoms with Crippen molar-refractivity contribution in [3.05, 3.63) is 29.8 Å². The molecule has 0 aromatic heterocycles. The Bertz CT molecular complexity index is 333. The van der Waals surface area contributed by atoms with Gasteiger partial charge in [-0.3, -0.25) is 0 Å². The number of hydrogen-bond donors (Lipinski definition) is 0. The first-order valence-electron chi connectivity index (χ1n) is 4.18. The summed E-state index contributed by atoms with van der Waals surface area (Å²) in [6, 6.07) is 8.06. The number of aliphatic imine (C=N–C) groups is 1. The topological polar surface area (TPSA) is 21.6 Å². The zero-order valence-electron chi connectivity index (χ0n) is 7.06. The van der Waals surface area contributed by atoms with Crippen molar-refractivity contribution in [2.24, 2.45) is 4.99 Å². The van der Waals surface area contributed by atoms with E-state index in [4.69, 9.17) is 4.74 Å². The minimum atomic E-state index is 0.146. The molecule has 0 aliphatic carbocycles. The number of benzene rings is 1. The molecule has 13 heavy (non-hydrogen) atoms. The Kier molecular flexibility index (Phi) is 2.39. The van der Waals surface area contributed by atoms with Crippen LogP contribution in [0.4, 0.5) is 0 Å². The molecule has 1 aromatic rings. The molecular formula is C10H9NOS. The van der Waals surface area contributed by atoms with E-state index >= 15 is 0 Å². The fourth-order valence-electron chi connectivity index (χ4n) is 1.49. The van der Waals surface area contributed by atoms with Crippen LogP contribution in [0.2, 0.25) is 0 Å². The number of hydrogen-bond acceptors (Lipinski definition) is 3. The summed E-state index contributed by atoms with van der Waals surface area (Å²) in [4.78, 5) is 3.88. The van der Waals surface area contributed by atoms with Gasteiger partial charge in [0, 0.05) is 6.42 Å². The molecule has 0 saturated heterocycles. The van der Waals surface area contributed by atoms with Crippen LogP contribution in [0.15, 0.2) is 29.3 Å². The van der Waals surface area contributed by atoms with Gasteiger partial charge in [-0.05, 0) is 23.8 Å². The van der Waals surface area contributed by atoms with E-state index in [0.29, 0.717) is 6.54 Å². The Hall–Kier alpha value is -1.18. The highest BCUT2D eigenvalue weighted by atomic mass is 32.1. The van der Waals surface area contributed by atoms with Gasteiger partial charge in [0.05, 0.1) is 11.7 Å². The van der Waals surface area contributed by atoms with Crippen molar-refractivity contribution in [2.75, 3.05) is 6.54 Å². The van der Waals surface area contributed by atoms with Gasteiger partial charge < -0.3 is 4.74 Å². The molecule has 1 heterocycles. The molecular weight excluding hydrogens is 182 g/mol. The SMILES string of the molecule is S=C=NCC1Cc2ccccc2O1. The number of ether oxygens (including phenoxy) is 1. The third kappa shape index (κ3) is 1.77. The molecule has 3 heteroatoms. The highest BCUT2D eigenvalue weighted by Crippen LogP contribution is 2.27. The van der Waals surface area contributed by atoms with Gasteiger partial charge in [0.15, 0.2) is 0 Å². The third-order valence-electron chi connectivity index (χ3n) is 2.07. The summed E-state index contributed by atoms with van der Waals surface area (Å²) in [7, 11) is 0. The van der Waals surface area contributed by atoms with E-state index in [1.54, 1.807) is 0 Å². The summed E-state index contributed by atoms with van der Waals surface area (Å²) < 4.78 is 5.63. The van der Waals surface area contributed by atoms with Crippen molar-refractivity contribution in [3.8, 4) is 5.75 Å². The summed E-state index contributed by atoms with van der Waals surface area (Å²) >= 11 is 4.50. The predicted octanol–water partition coefficient (Wildman–Crippen LogP) is 2.09. The molecule has 0 bridgehead atoms. The number of thiocarbonyl (C=S) groups is 1. The summed E-state index contributed by atoms with van der Waals surface area (Å²) in [5.41, 5.74) is 1.26. The lowest BCUT2D eigenvalue weighted by Crippen LogP contribution is -2.16. The lowest BCUT2D eigenvalue weighted by Gasteiger charge is -2.05. The molecule has 0 amide bonds. The lowest BCUT2D eigenvalue weighted by molar-refractivity contribution is 0.242. The molecule has 2 nitrogen and oxygen atoms in total. The van der Waals surface area contributed by atoms with Crippen LogP contribution < -0.4 is 4.74 Å². The lowest BCUT2D eigenvalue weighted by atomic mass is 10.1. The molecule has 0 saturated carbocycles. The molecule has 0 N–H and O–H groups in total. The standard InChI is InChI=1S/C10H9NOS/c13-7-11-6-9-5-8-3-1-2-4-10(8)12-9/h1-4,9H,5-6H2. The van der Waals surface area contributed by atoms with Crippen LogP contribution in [0, 0.1) is 0 Å². The molecule has 2 rings (SSSR count). The first-order chi connectivity index (χ1) is 6.40. The second-order valence-corrected chi connectivity index (χ2v) is 3.17. The van der Waals surface area contributed by atoms with E-state index in [0.717, 1.165) is 12.2 Å². The first-order valence-corrected chi connectivity index (χ1v) is 4.59. The van der Waals surface area contributed by atoms with Gasteiger partial charge >= 0.3 is 0 Å². The van der Waals surface area contributed by atoms with Crippen LogP contribution in [-0.4, -0.2) is 17.8 Å². The maximum atomic E-state index is 5.63. The minimum absolute atomic E-state index is 0.146. The summed E-state index contributed by atoms with van der Waals surface area (Å²) in [6.07, 6.45) is 1.07. The van der Waals surface area contributed by atoms with E-state index < -0.39 is 0 Å². The molecule has 0 spiro atoms. The van der Waals surface area contributed by atoms with Gasteiger partial charge in [0.2, 0.25) is 0 Å². The van der Waals surface area contributed by atoms with Crippen molar-refractivity contribution in [1.82, 2.24) is 0 Å². The number of para-hydroxylation sites is 1. The maximum absolute atomic E-state index is 5.63. The van der Waals surface area contributed by atoms with E-state index in [2.05, 4.69) is 28.4 Å². The second kappa shape index (κ2) is 3.69. The minimum Gasteiger partial charge on any atom is -0.488 e. The Labute approximate surface area is 82.3 Å². The van der Waals surface area contributed by atoms with Crippen LogP contribution in [0.1, 0.15) is 5.56 Å². The molecule has 1 aliphatic heterocycles. The Balaban J connectivity index is 2.09. The zero-order chi connectivity index (χ0) is 9.10. The smallest absolute Gasteiger partial charge is 0.123 e. The van der Waals surface area contributed by atoms with Crippen LogP contribution in [-0.2, 0) is 6.42 Å². The average molecular weight is 191 g/mol. The molecule has 1 aromatic carbocycles. The van der Waals surface area contributed by atoms with Gasteiger partial charge in [0.1, 0.15) is 11.9 Å². The second-order valence-electron chi connectivity index (χ2n) is 2.98. The molecule has 0 radical (unpaired) electrons. The van der Waals surface area contributed by atoms with Gasteiger partial charge in [-0.1, -0.05) is 18.2 Å². The number of nitrogens with zero attached hydrogens (tertiary/aromatic N) is 1. The molecule has 1 atom stereocenters. The third-order valence-corrected chi connectivity index (χ3v) is 2.20. The molecule has 0 fully saturated rings. The van der Waals surface area contributed by atoms with Crippen LogP contribution >= 0.6 is 12.2 Å². The van der Waals surface area contributed by atoms with Crippen LogP contribution in [0.25, 0.3) is 0 Å². The van der Waals surface area contributed by atoms with Crippen LogP contribution in [0.3, 0.4) is 0 Å². The molecule has 1 aliphatic rings.